The fraction of sp³-hybridized carbons (Fsp3) is 0.385. The predicted octanol–water partition coefficient (Wildman–Crippen LogP) is 0.128. The van der Waals surface area contributed by atoms with Crippen LogP contribution in [0.4, 0.5) is 5.13 Å². The van der Waals surface area contributed by atoms with Crippen molar-refractivity contribution in [3.63, 3.8) is 0 Å². The molecular formula is C26H28N6O10S3. The van der Waals surface area contributed by atoms with E-state index in [2.05, 4.69) is 21.4 Å². The molecule has 19 heteroatoms. The monoisotopic (exact) mass is 680 g/mol. The molecule has 5 rings (SSSR count). The Labute approximate surface area is 265 Å². The number of ether oxygens (including phenoxy) is 1. The number of carboxylic acids is 1. The highest BCUT2D eigenvalue weighted by molar-refractivity contribution is 7.99. The van der Waals surface area contributed by atoms with Gasteiger partial charge in [-0.05, 0) is 31.6 Å². The van der Waals surface area contributed by atoms with Crippen molar-refractivity contribution in [1.29, 1.82) is 0 Å². The SMILES string of the molecule is C#CC[n+]1ccc(SCC2=C(C(=O)O)N3C(=O)[C@@H](NC(=O)/C(=N\OC4CCCC4)c4csc(N)n4)[C@H]3CO2)cc1.O=S(=O)([O-])O. The van der Waals surface area contributed by atoms with Crippen LogP contribution < -0.4 is 15.6 Å². The Kier molecular flexibility index (Phi) is 11.0. The van der Waals surface area contributed by atoms with Gasteiger partial charge in [-0.2, -0.15) is 4.57 Å². The Hall–Kier alpha value is -4.22. The molecule has 2 fully saturated rings. The third-order valence-electron chi connectivity index (χ3n) is 6.72. The second-order valence-corrected chi connectivity index (χ2v) is 12.6. The van der Waals surface area contributed by atoms with E-state index in [0.29, 0.717) is 6.54 Å². The van der Waals surface area contributed by atoms with Gasteiger partial charge in [0.2, 0.25) is 16.9 Å². The number of carboxylic acid groups (broad SMARTS) is 1. The van der Waals surface area contributed by atoms with Crippen LogP contribution in [0.15, 0.2) is 51.4 Å². The molecule has 0 spiro atoms. The van der Waals surface area contributed by atoms with Crippen LogP contribution in [0.3, 0.4) is 0 Å². The van der Waals surface area contributed by atoms with Gasteiger partial charge in [0, 0.05) is 22.4 Å². The van der Waals surface area contributed by atoms with E-state index in [1.54, 1.807) is 5.38 Å². The minimum absolute atomic E-state index is 0.0228. The van der Waals surface area contributed by atoms with E-state index in [9.17, 15) is 19.5 Å². The lowest BCUT2D eigenvalue weighted by atomic mass is 9.92. The Morgan fingerprint density at radius 3 is 2.60 bits per heavy atom. The van der Waals surface area contributed by atoms with Gasteiger partial charge < -0.3 is 30.3 Å². The van der Waals surface area contributed by atoms with Crippen molar-refractivity contribution in [2.45, 2.75) is 55.3 Å². The number of β-lactam (4-membered cyclic amide) rings is 1. The minimum atomic E-state index is -4.92. The van der Waals surface area contributed by atoms with Crippen molar-refractivity contribution >= 4 is 62.1 Å². The molecular weight excluding hydrogens is 653 g/mol. The molecule has 0 radical (unpaired) electrons. The normalized spacial score (nSPS) is 19.8. The fourth-order valence-corrected chi connectivity index (χ4v) is 6.08. The largest absolute Gasteiger partial charge is 0.726 e. The van der Waals surface area contributed by atoms with E-state index < -0.39 is 40.3 Å². The fourth-order valence-electron chi connectivity index (χ4n) is 4.70. The Morgan fingerprint density at radius 2 is 2.02 bits per heavy atom. The number of hydrogen-bond acceptors (Lipinski definition) is 13. The molecule has 1 saturated carbocycles. The highest BCUT2D eigenvalue weighted by Crippen LogP contribution is 2.35. The summed E-state index contributed by atoms with van der Waals surface area (Å²) in [4.78, 5) is 50.3. The van der Waals surface area contributed by atoms with Crippen molar-refractivity contribution in [2.75, 3.05) is 18.1 Å². The molecule has 240 valence electrons. The summed E-state index contributed by atoms with van der Waals surface area (Å²) in [6.45, 7) is 0.465. The number of nitrogens with two attached hydrogens (primary N) is 1. The van der Waals surface area contributed by atoms with E-state index in [1.807, 2.05) is 29.1 Å². The van der Waals surface area contributed by atoms with E-state index in [1.165, 1.54) is 16.7 Å². The van der Waals surface area contributed by atoms with Crippen molar-refractivity contribution in [1.82, 2.24) is 15.2 Å². The Morgan fingerprint density at radius 1 is 1.36 bits per heavy atom. The Balaban J connectivity index is 0.000000854. The second kappa shape index (κ2) is 14.7. The average molecular weight is 681 g/mol. The summed E-state index contributed by atoms with van der Waals surface area (Å²) in [5.74, 6) is 0.423. The molecule has 2 aromatic heterocycles. The topological polar surface area (TPSA) is 238 Å². The number of carbonyl (C=O) groups excluding carboxylic acids is 2. The molecule has 45 heavy (non-hydrogen) atoms. The van der Waals surface area contributed by atoms with Gasteiger partial charge in [0.1, 0.15) is 36.2 Å². The van der Waals surface area contributed by atoms with Gasteiger partial charge in [0.25, 0.3) is 11.8 Å². The maximum Gasteiger partial charge on any atom is 0.356 e. The number of aliphatic carboxylic acids is 1. The first-order valence-electron chi connectivity index (χ1n) is 13.3. The van der Waals surface area contributed by atoms with Gasteiger partial charge in [-0.25, -0.2) is 18.2 Å². The number of thioether (sulfide) groups is 1. The first-order valence-corrected chi connectivity index (χ1v) is 16.5. The molecule has 1 saturated heterocycles. The van der Waals surface area contributed by atoms with Crippen molar-refractivity contribution < 1.29 is 51.2 Å². The summed E-state index contributed by atoms with van der Waals surface area (Å²) < 4.78 is 40.5. The molecule has 5 N–H and O–H groups in total. The number of pyridine rings is 1. The lowest BCUT2D eigenvalue weighted by Crippen LogP contribution is -2.73. The smallest absolute Gasteiger partial charge is 0.356 e. The number of aromatic nitrogens is 2. The highest BCUT2D eigenvalue weighted by atomic mass is 32.3. The van der Waals surface area contributed by atoms with Crippen LogP contribution in [0.2, 0.25) is 0 Å². The maximum absolute atomic E-state index is 13.2. The number of nitrogens with zero attached hydrogens (tertiary/aromatic N) is 4. The third kappa shape index (κ3) is 8.92. The number of carbonyl (C=O) groups is 3. The van der Waals surface area contributed by atoms with Crippen molar-refractivity contribution in [3.8, 4) is 12.3 Å². The summed E-state index contributed by atoms with van der Waals surface area (Å²) in [6.07, 6.45) is 12.6. The van der Waals surface area contributed by atoms with Gasteiger partial charge >= 0.3 is 5.97 Å². The highest BCUT2D eigenvalue weighted by Gasteiger charge is 2.55. The first-order chi connectivity index (χ1) is 21.4. The molecule has 0 aromatic carbocycles. The summed E-state index contributed by atoms with van der Waals surface area (Å²) >= 11 is 2.52. The van der Waals surface area contributed by atoms with Crippen LogP contribution in [-0.2, 0) is 40.9 Å². The molecule has 4 heterocycles. The van der Waals surface area contributed by atoms with Crippen LogP contribution >= 0.6 is 23.1 Å². The van der Waals surface area contributed by atoms with Gasteiger partial charge in [0.15, 0.2) is 28.9 Å². The number of nitrogen functional groups attached to an aromatic ring is 1. The number of hydrogen-bond donors (Lipinski definition) is 4. The van der Waals surface area contributed by atoms with E-state index in [-0.39, 0.29) is 46.5 Å². The van der Waals surface area contributed by atoms with Gasteiger partial charge in [-0.15, -0.1) is 29.5 Å². The van der Waals surface area contributed by atoms with Gasteiger partial charge in [-0.3, -0.25) is 19.0 Å². The van der Waals surface area contributed by atoms with Gasteiger partial charge in [-0.1, -0.05) is 5.16 Å². The summed E-state index contributed by atoms with van der Waals surface area (Å²) in [6, 6.07) is 2.04. The summed E-state index contributed by atoms with van der Waals surface area (Å²) in [5, 5.41) is 18.5. The lowest BCUT2D eigenvalue weighted by Gasteiger charge is -2.49. The molecule has 0 bridgehead atoms. The van der Waals surface area contributed by atoms with E-state index in [4.69, 9.17) is 39.3 Å². The molecule has 2 aliphatic heterocycles. The number of thiazole rings is 1. The average Bonchev–Trinajstić information content (AvgIpc) is 3.66. The standard InChI is InChI=1S/C26H26N6O6S2.H2O4S/c1-2-9-31-10-7-16(8-11-31)39-14-19-22(25(35)36)32-18(12-37-19)21(24(32)34)29-23(33)20(17-13-40-26(27)28-17)30-38-15-5-3-4-6-15;1-5(2,3)4/h1,7-8,10-11,13,15,18,21H,3-6,9,12,14H2,(H3-,27,28,29,33,35,36);(H2,1,2,3,4)/b30-20-;/t18-,21+;/m1./s1. The third-order valence-corrected chi connectivity index (χ3v) is 8.41. The molecule has 2 aromatic rings. The number of nitrogens with one attached hydrogen (secondary N) is 1. The minimum Gasteiger partial charge on any atom is -0.726 e. The van der Waals surface area contributed by atoms with Crippen LogP contribution in [-0.4, -0.2) is 86.6 Å². The number of anilines is 1. The zero-order valence-electron chi connectivity index (χ0n) is 23.4. The number of oxime groups is 1. The van der Waals surface area contributed by atoms with Crippen molar-refractivity contribution in [2.24, 2.45) is 5.16 Å². The zero-order valence-corrected chi connectivity index (χ0v) is 25.8. The first kappa shape index (κ1) is 33.7. The van der Waals surface area contributed by atoms with Crippen LogP contribution in [0.1, 0.15) is 31.4 Å². The zero-order chi connectivity index (χ0) is 32.7. The number of fused-ring (bicyclic) bond motifs is 1. The summed E-state index contributed by atoms with van der Waals surface area (Å²) in [7, 11) is -4.92. The Bertz CT molecular complexity index is 1640. The number of amides is 2. The van der Waals surface area contributed by atoms with E-state index in [0.717, 1.165) is 41.9 Å². The molecule has 2 atom stereocenters. The van der Waals surface area contributed by atoms with Crippen LogP contribution in [0.25, 0.3) is 0 Å². The van der Waals surface area contributed by atoms with Crippen LogP contribution in [0, 0.1) is 12.3 Å². The van der Waals surface area contributed by atoms with Crippen LogP contribution in [0.5, 0.6) is 0 Å². The molecule has 16 nitrogen and oxygen atoms in total. The summed E-state index contributed by atoms with van der Waals surface area (Å²) in [5.41, 5.74) is 5.66. The second-order valence-electron chi connectivity index (χ2n) is 9.76. The molecule has 1 aliphatic carbocycles. The maximum atomic E-state index is 13.2. The van der Waals surface area contributed by atoms with E-state index >= 15 is 0 Å². The number of terminal acetylenes is 1. The molecule has 3 aliphatic rings. The predicted molar refractivity (Wildman–Crippen MR) is 158 cm³/mol. The lowest BCUT2D eigenvalue weighted by molar-refractivity contribution is -0.685. The van der Waals surface area contributed by atoms with Crippen molar-refractivity contribution in [3.05, 3.63) is 47.1 Å². The quantitative estimate of drug-likeness (QED) is 0.0382. The number of rotatable bonds is 10. The molecule has 0 unspecified atom stereocenters. The molecule has 2 amide bonds. The van der Waals surface area contributed by atoms with Gasteiger partial charge in [0.05, 0.1) is 5.75 Å².